The van der Waals surface area contributed by atoms with Gasteiger partial charge in [0.05, 0.1) is 0 Å². The Balaban J connectivity index is 2.84. The van der Waals surface area contributed by atoms with Crippen LogP contribution in [0, 0.1) is 0 Å². The fourth-order valence-corrected chi connectivity index (χ4v) is 4.76. The van der Waals surface area contributed by atoms with Crippen LogP contribution in [-0.4, -0.2) is 10.2 Å². The summed E-state index contributed by atoms with van der Waals surface area (Å²) < 4.78 is 0. The summed E-state index contributed by atoms with van der Waals surface area (Å²) in [5.41, 5.74) is 18.0. The maximum atomic E-state index is 10.7. The van der Waals surface area contributed by atoms with E-state index in [9.17, 15) is 10.2 Å². The Morgan fingerprint density at radius 2 is 1.12 bits per heavy atom. The molecule has 0 atom stereocenters. The highest BCUT2D eigenvalue weighted by molar-refractivity contribution is 5.53. The summed E-state index contributed by atoms with van der Waals surface area (Å²) in [4.78, 5) is 0. The van der Waals surface area contributed by atoms with Crippen molar-refractivity contribution < 1.29 is 10.2 Å². The fourth-order valence-electron chi connectivity index (χ4n) is 4.76. The standard InChI is InChI=1S/C29H46N2O2/c1-8-9-10-11-12-21(22-13-19(17-30)26(32)15-24(22)28(2,3)4)23-14-20(18-31)27(33)16-25(23)29(5,6)7/h13-16,21,32-33H,8-12,17-18,30-31H2,1-7H3. The molecule has 0 aliphatic rings. The van der Waals surface area contributed by atoms with E-state index in [4.69, 9.17) is 11.5 Å². The number of hydrogen-bond acceptors (Lipinski definition) is 4. The Labute approximate surface area is 201 Å². The highest BCUT2D eigenvalue weighted by atomic mass is 16.3. The highest BCUT2D eigenvalue weighted by Crippen LogP contribution is 2.44. The van der Waals surface area contributed by atoms with Gasteiger partial charge in [-0.2, -0.15) is 0 Å². The molecule has 4 heteroatoms. The molecular weight excluding hydrogens is 408 g/mol. The first-order chi connectivity index (χ1) is 15.3. The summed E-state index contributed by atoms with van der Waals surface area (Å²) in [5, 5.41) is 21.3. The smallest absolute Gasteiger partial charge is 0.120 e. The first kappa shape index (κ1) is 27.2. The third kappa shape index (κ3) is 6.51. The molecule has 2 aromatic rings. The number of rotatable bonds is 9. The second-order valence-corrected chi connectivity index (χ2v) is 11.4. The Bertz CT molecular complexity index is 865. The quantitative estimate of drug-likeness (QED) is 0.317. The molecule has 6 N–H and O–H groups in total. The average Bonchev–Trinajstić information content (AvgIpc) is 2.72. The van der Waals surface area contributed by atoms with Crippen molar-refractivity contribution in [1.82, 2.24) is 0 Å². The van der Waals surface area contributed by atoms with E-state index in [1.165, 1.54) is 30.4 Å². The van der Waals surface area contributed by atoms with E-state index in [1.54, 1.807) is 0 Å². The van der Waals surface area contributed by atoms with Gasteiger partial charge in [0, 0.05) is 30.1 Å². The fraction of sp³-hybridized carbons (Fsp3) is 0.586. The van der Waals surface area contributed by atoms with Crippen LogP contribution in [-0.2, 0) is 23.9 Å². The van der Waals surface area contributed by atoms with Crippen molar-refractivity contribution in [2.24, 2.45) is 11.5 Å². The molecule has 0 amide bonds. The number of unbranched alkanes of at least 4 members (excludes halogenated alkanes) is 3. The van der Waals surface area contributed by atoms with Crippen LogP contribution >= 0.6 is 0 Å². The second kappa shape index (κ2) is 10.9. The van der Waals surface area contributed by atoms with Crippen LogP contribution in [0.1, 0.15) is 120 Å². The summed E-state index contributed by atoms with van der Waals surface area (Å²) in [6, 6.07) is 8.05. The minimum absolute atomic E-state index is 0.127. The molecule has 0 fully saturated rings. The number of aromatic hydroxyl groups is 2. The zero-order valence-corrected chi connectivity index (χ0v) is 21.9. The Hall–Kier alpha value is -2.04. The minimum atomic E-state index is -0.142. The van der Waals surface area contributed by atoms with Gasteiger partial charge in [0.2, 0.25) is 0 Å². The summed E-state index contributed by atoms with van der Waals surface area (Å²) in [7, 11) is 0. The van der Waals surface area contributed by atoms with Crippen molar-refractivity contribution in [3.05, 3.63) is 57.6 Å². The van der Waals surface area contributed by atoms with Crippen LogP contribution in [0.5, 0.6) is 11.5 Å². The zero-order valence-electron chi connectivity index (χ0n) is 21.9. The lowest BCUT2D eigenvalue weighted by molar-refractivity contribution is 0.459. The number of hydrogen-bond donors (Lipinski definition) is 4. The maximum Gasteiger partial charge on any atom is 0.120 e. The van der Waals surface area contributed by atoms with Gasteiger partial charge in [0.15, 0.2) is 0 Å². The van der Waals surface area contributed by atoms with Crippen LogP contribution < -0.4 is 11.5 Å². The number of phenols is 2. The first-order valence-corrected chi connectivity index (χ1v) is 12.5. The van der Waals surface area contributed by atoms with Gasteiger partial charge in [0.1, 0.15) is 11.5 Å². The molecular formula is C29H46N2O2. The third-order valence-corrected chi connectivity index (χ3v) is 6.65. The molecule has 0 bridgehead atoms. The van der Waals surface area contributed by atoms with E-state index in [0.29, 0.717) is 13.1 Å². The highest BCUT2D eigenvalue weighted by Gasteiger charge is 2.30. The summed E-state index contributed by atoms with van der Waals surface area (Å²) >= 11 is 0. The average molecular weight is 455 g/mol. The molecule has 0 spiro atoms. The molecule has 4 nitrogen and oxygen atoms in total. The van der Waals surface area contributed by atoms with E-state index in [1.807, 2.05) is 12.1 Å². The summed E-state index contributed by atoms with van der Waals surface area (Å²) in [6.45, 7) is 15.9. The van der Waals surface area contributed by atoms with Crippen molar-refractivity contribution in [3.63, 3.8) is 0 Å². The van der Waals surface area contributed by atoms with Gasteiger partial charge in [-0.1, -0.05) is 74.1 Å². The van der Waals surface area contributed by atoms with Gasteiger partial charge < -0.3 is 21.7 Å². The molecule has 0 heterocycles. The van der Waals surface area contributed by atoms with E-state index in [2.05, 4.69) is 60.6 Å². The first-order valence-electron chi connectivity index (χ1n) is 12.5. The Morgan fingerprint density at radius 1 is 0.697 bits per heavy atom. The Kier molecular flexibility index (Phi) is 9.01. The van der Waals surface area contributed by atoms with Crippen LogP contribution in [0.3, 0.4) is 0 Å². The van der Waals surface area contributed by atoms with Gasteiger partial charge in [-0.25, -0.2) is 0 Å². The summed E-state index contributed by atoms with van der Waals surface area (Å²) in [6.07, 6.45) is 5.71. The van der Waals surface area contributed by atoms with Crippen molar-refractivity contribution in [2.75, 3.05) is 0 Å². The molecule has 0 saturated heterocycles. The normalized spacial score (nSPS) is 12.5. The number of benzene rings is 2. The van der Waals surface area contributed by atoms with E-state index in [-0.39, 0.29) is 28.2 Å². The minimum Gasteiger partial charge on any atom is -0.508 e. The SMILES string of the molecule is CCCCCCC(c1cc(CN)c(O)cc1C(C)(C)C)c1cc(CN)c(O)cc1C(C)(C)C. The monoisotopic (exact) mass is 454 g/mol. The zero-order chi connectivity index (χ0) is 25.0. The predicted molar refractivity (Wildman–Crippen MR) is 140 cm³/mol. The maximum absolute atomic E-state index is 10.7. The second-order valence-electron chi connectivity index (χ2n) is 11.4. The van der Waals surface area contributed by atoms with Crippen molar-refractivity contribution in [1.29, 1.82) is 0 Å². The molecule has 184 valence electrons. The third-order valence-electron chi connectivity index (χ3n) is 6.65. The van der Waals surface area contributed by atoms with E-state index >= 15 is 0 Å². The van der Waals surface area contributed by atoms with Crippen molar-refractivity contribution in [2.45, 2.75) is 110 Å². The largest absolute Gasteiger partial charge is 0.508 e. The lowest BCUT2D eigenvalue weighted by atomic mass is 9.72. The van der Waals surface area contributed by atoms with Crippen LogP contribution in [0.25, 0.3) is 0 Å². The molecule has 0 aromatic heterocycles. The van der Waals surface area contributed by atoms with Crippen LogP contribution in [0.2, 0.25) is 0 Å². The van der Waals surface area contributed by atoms with E-state index < -0.39 is 0 Å². The lowest BCUT2D eigenvalue weighted by Gasteiger charge is -2.33. The van der Waals surface area contributed by atoms with Gasteiger partial charge in [-0.05, 0) is 63.8 Å². The van der Waals surface area contributed by atoms with Crippen LogP contribution in [0.4, 0.5) is 0 Å². The van der Waals surface area contributed by atoms with E-state index in [0.717, 1.165) is 35.1 Å². The molecule has 0 radical (unpaired) electrons. The molecule has 33 heavy (non-hydrogen) atoms. The van der Waals surface area contributed by atoms with Gasteiger partial charge in [-0.15, -0.1) is 0 Å². The molecule has 0 aliphatic heterocycles. The topological polar surface area (TPSA) is 92.5 Å². The number of nitrogens with two attached hydrogens (primary N) is 2. The van der Waals surface area contributed by atoms with Crippen molar-refractivity contribution in [3.8, 4) is 11.5 Å². The van der Waals surface area contributed by atoms with Gasteiger partial charge >= 0.3 is 0 Å². The van der Waals surface area contributed by atoms with Crippen molar-refractivity contribution >= 4 is 0 Å². The number of phenolic OH excluding ortho intramolecular Hbond substituents is 2. The summed E-state index contributed by atoms with van der Waals surface area (Å²) in [5.74, 6) is 0.655. The molecule has 0 unspecified atom stereocenters. The lowest BCUT2D eigenvalue weighted by Crippen LogP contribution is -2.21. The van der Waals surface area contributed by atoms with Gasteiger partial charge in [0.25, 0.3) is 0 Å². The molecule has 0 saturated carbocycles. The molecule has 2 rings (SSSR count). The molecule has 0 aliphatic carbocycles. The Morgan fingerprint density at radius 3 is 1.45 bits per heavy atom. The molecule has 2 aromatic carbocycles. The predicted octanol–water partition coefficient (Wildman–Crippen LogP) is 6.71. The van der Waals surface area contributed by atoms with Crippen LogP contribution in [0.15, 0.2) is 24.3 Å². The van der Waals surface area contributed by atoms with Gasteiger partial charge in [-0.3, -0.25) is 0 Å².